The van der Waals surface area contributed by atoms with Crippen molar-refractivity contribution < 1.29 is 18.7 Å². The molecule has 0 bridgehead atoms. The van der Waals surface area contributed by atoms with E-state index in [-0.39, 0.29) is 12.3 Å². The number of ether oxygens (including phenoxy) is 2. The van der Waals surface area contributed by atoms with Gasteiger partial charge < -0.3 is 9.47 Å². The van der Waals surface area contributed by atoms with E-state index < -0.39 is 11.8 Å². The minimum absolute atomic E-state index is 0.115. The molecular weight excluding hydrogens is 289 g/mol. The topological polar surface area (TPSA) is 66.2 Å². The number of nitrogens with zero attached hydrogens (tertiary/aromatic N) is 3. The van der Waals surface area contributed by atoms with Crippen LogP contribution in [0.2, 0.25) is 0 Å². The summed E-state index contributed by atoms with van der Waals surface area (Å²) in [5.74, 6) is -1.24. The molecule has 1 aromatic carbocycles. The summed E-state index contributed by atoms with van der Waals surface area (Å²) in [7, 11) is 1.60. The molecule has 7 heteroatoms. The van der Waals surface area contributed by atoms with Gasteiger partial charge in [0.25, 0.3) is 0 Å². The summed E-state index contributed by atoms with van der Waals surface area (Å²) < 4.78 is 24.7. The van der Waals surface area contributed by atoms with Crippen molar-refractivity contribution in [2.75, 3.05) is 13.7 Å². The predicted molar refractivity (Wildman–Crippen MR) is 77.8 cm³/mol. The van der Waals surface area contributed by atoms with Gasteiger partial charge in [0, 0.05) is 6.08 Å². The van der Waals surface area contributed by atoms with Crippen molar-refractivity contribution in [3.63, 3.8) is 0 Å². The molecule has 0 atom stereocenters. The number of carbonyl (C=O) groups excluding carboxylic acids is 1. The van der Waals surface area contributed by atoms with E-state index in [0.29, 0.717) is 6.54 Å². The number of hydrogen-bond donors (Lipinski definition) is 0. The first-order valence-corrected chi connectivity index (χ1v) is 6.69. The molecule has 0 spiro atoms. The van der Waals surface area contributed by atoms with Gasteiger partial charge in [-0.25, -0.2) is 9.48 Å². The van der Waals surface area contributed by atoms with E-state index in [1.807, 2.05) is 24.3 Å². The van der Waals surface area contributed by atoms with Crippen LogP contribution in [0.4, 0.5) is 4.39 Å². The third kappa shape index (κ3) is 4.15. The number of halogens is 1. The SMILES string of the molecule is CCOC(=O)/C(F)=C\c1cn(Cc2ccc(OC)cc2)nn1. The maximum atomic E-state index is 13.5. The molecule has 6 nitrogen and oxygen atoms in total. The maximum absolute atomic E-state index is 13.5. The molecule has 1 aromatic heterocycles. The Labute approximate surface area is 127 Å². The summed E-state index contributed by atoms with van der Waals surface area (Å²) in [6, 6.07) is 7.48. The molecule has 0 unspecified atom stereocenters. The van der Waals surface area contributed by atoms with E-state index in [4.69, 9.17) is 4.74 Å². The zero-order valence-corrected chi connectivity index (χ0v) is 12.3. The fourth-order valence-electron chi connectivity index (χ4n) is 1.76. The fraction of sp³-hybridized carbons (Fsp3) is 0.267. The van der Waals surface area contributed by atoms with Crippen LogP contribution in [0.15, 0.2) is 36.3 Å². The van der Waals surface area contributed by atoms with Crippen LogP contribution in [0, 0.1) is 0 Å². The van der Waals surface area contributed by atoms with Crippen molar-refractivity contribution in [3.8, 4) is 5.75 Å². The lowest BCUT2D eigenvalue weighted by Gasteiger charge is -2.02. The summed E-state index contributed by atoms with van der Waals surface area (Å²) in [5, 5.41) is 7.68. The fourth-order valence-corrected chi connectivity index (χ4v) is 1.76. The number of hydrogen-bond acceptors (Lipinski definition) is 5. The van der Waals surface area contributed by atoms with Gasteiger partial charge in [-0.05, 0) is 24.6 Å². The predicted octanol–water partition coefficient (Wildman–Crippen LogP) is 2.21. The van der Waals surface area contributed by atoms with Crippen molar-refractivity contribution in [1.29, 1.82) is 0 Å². The van der Waals surface area contributed by atoms with Gasteiger partial charge in [0.1, 0.15) is 11.4 Å². The number of benzene rings is 1. The van der Waals surface area contributed by atoms with Crippen LogP contribution in [0.1, 0.15) is 18.2 Å². The summed E-state index contributed by atoms with van der Waals surface area (Å²) in [5.41, 5.74) is 1.24. The number of aromatic nitrogens is 3. The summed E-state index contributed by atoms with van der Waals surface area (Å²) in [4.78, 5) is 11.2. The number of methoxy groups -OCH3 is 1. The normalized spacial score (nSPS) is 11.3. The zero-order valence-electron chi connectivity index (χ0n) is 12.3. The average Bonchev–Trinajstić information content (AvgIpc) is 2.95. The van der Waals surface area contributed by atoms with Gasteiger partial charge in [-0.3, -0.25) is 0 Å². The highest BCUT2D eigenvalue weighted by atomic mass is 19.1. The van der Waals surface area contributed by atoms with Crippen molar-refractivity contribution in [1.82, 2.24) is 15.0 Å². The number of rotatable bonds is 6. The molecule has 22 heavy (non-hydrogen) atoms. The first-order valence-electron chi connectivity index (χ1n) is 6.69. The van der Waals surface area contributed by atoms with Crippen LogP contribution >= 0.6 is 0 Å². The van der Waals surface area contributed by atoms with E-state index in [9.17, 15) is 9.18 Å². The lowest BCUT2D eigenvalue weighted by atomic mass is 10.2. The lowest BCUT2D eigenvalue weighted by Crippen LogP contribution is -2.03. The Hall–Kier alpha value is -2.70. The van der Waals surface area contributed by atoms with Gasteiger partial charge in [0.05, 0.1) is 26.5 Å². The Bertz CT molecular complexity index is 665. The Balaban J connectivity index is 2.04. The van der Waals surface area contributed by atoms with Crippen LogP contribution in [0.3, 0.4) is 0 Å². The molecule has 2 rings (SSSR count). The molecule has 0 aliphatic heterocycles. The number of esters is 1. The second kappa shape index (κ2) is 7.35. The highest BCUT2D eigenvalue weighted by molar-refractivity contribution is 5.90. The first kappa shape index (κ1) is 15.7. The van der Waals surface area contributed by atoms with Crippen molar-refractivity contribution in [2.45, 2.75) is 13.5 Å². The average molecular weight is 305 g/mol. The van der Waals surface area contributed by atoms with Gasteiger partial charge in [-0.1, -0.05) is 17.3 Å². The molecule has 0 aliphatic rings. The van der Waals surface area contributed by atoms with E-state index in [2.05, 4.69) is 15.0 Å². The molecular formula is C15H16FN3O3. The Morgan fingerprint density at radius 1 is 1.36 bits per heavy atom. The largest absolute Gasteiger partial charge is 0.497 e. The third-order valence-corrected chi connectivity index (χ3v) is 2.81. The van der Waals surface area contributed by atoms with Crippen molar-refractivity contribution in [2.24, 2.45) is 0 Å². The van der Waals surface area contributed by atoms with Crippen molar-refractivity contribution in [3.05, 3.63) is 47.5 Å². The minimum atomic E-state index is -1.01. The van der Waals surface area contributed by atoms with Crippen LogP contribution < -0.4 is 4.74 Å². The molecule has 0 saturated heterocycles. The van der Waals surface area contributed by atoms with E-state index in [0.717, 1.165) is 17.4 Å². The van der Waals surface area contributed by atoms with Crippen molar-refractivity contribution >= 4 is 12.0 Å². The summed E-state index contributed by atoms with van der Waals surface area (Å²) in [6.07, 6.45) is 2.54. The first-order chi connectivity index (χ1) is 10.6. The zero-order chi connectivity index (χ0) is 15.9. The Morgan fingerprint density at radius 3 is 2.73 bits per heavy atom. The van der Waals surface area contributed by atoms with Gasteiger partial charge >= 0.3 is 5.97 Å². The molecule has 2 aromatic rings. The highest BCUT2D eigenvalue weighted by Gasteiger charge is 2.10. The molecule has 0 amide bonds. The van der Waals surface area contributed by atoms with Crippen LogP contribution in [-0.2, 0) is 16.1 Å². The molecule has 116 valence electrons. The van der Waals surface area contributed by atoms with E-state index >= 15 is 0 Å². The molecule has 1 heterocycles. The maximum Gasteiger partial charge on any atom is 0.367 e. The van der Waals surface area contributed by atoms with Gasteiger partial charge in [0.2, 0.25) is 5.83 Å². The summed E-state index contributed by atoms with van der Waals surface area (Å²) >= 11 is 0. The quantitative estimate of drug-likeness (QED) is 0.604. The van der Waals surface area contributed by atoms with Crippen LogP contribution in [0.25, 0.3) is 6.08 Å². The summed E-state index contributed by atoms with van der Waals surface area (Å²) in [6.45, 7) is 2.20. The van der Waals surface area contributed by atoms with Crippen LogP contribution in [0.5, 0.6) is 5.75 Å². The minimum Gasteiger partial charge on any atom is -0.497 e. The Morgan fingerprint density at radius 2 is 2.09 bits per heavy atom. The molecule has 0 saturated carbocycles. The molecule has 0 aliphatic carbocycles. The Kier molecular flexibility index (Phi) is 5.24. The second-order valence-electron chi connectivity index (χ2n) is 4.40. The van der Waals surface area contributed by atoms with Gasteiger partial charge in [0.15, 0.2) is 0 Å². The highest BCUT2D eigenvalue weighted by Crippen LogP contribution is 2.12. The smallest absolute Gasteiger partial charge is 0.367 e. The lowest BCUT2D eigenvalue weighted by molar-refractivity contribution is -0.140. The monoisotopic (exact) mass is 305 g/mol. The molecule has 0 N–H and O–H groups in total. The second-order valence-corrected chi connectivity index (χ2v) is 4.40. The molecule has 0 fully saturated rings. The molecule has 0 radical (unpaired) electrons. The number of carbonyl (C=O) groups is 1. The van der Waals surface area contributed by atoms with Gasteiger partial charge in [-0.2, -0.15) is 4.39 Å². The standard InChI is InChI=1S/C15H16FN3O3/c1-3-22-15(20)14(16)8-12-10-19(18-17-12)9-11-4-6-13(21-2)7-5-11/h4-8,10H,3,9H2,1-2H3/b14-8+. The van der Waals surface area contributed by atoms with E-state index in [1.54, 1.807) is 24.9 Å². The van der Waals surface area contributed by atoms with Gasteiger partial charge in [-0.15, -0.1) is 5.10 Å². The van der Waals surface area contributed by atoms with Crippen LogP contribution in [-0.4, -0.2) is 34.7 Å². The van der Waals surface area contributed by atoms with E-state index in [1.165, 1.54) is 0 Å². The third-order valence-electron chi connectivity index (χ3n) is 2.81.